The van der Waals surface area contributed by atoms with E-state index in [9.17, 15) is 9.90 Å². The summed E-state index contributed by atoms with van der Waals surface area (Å²) in [5.74, 6) is 0.582. The summed E-state index contributed by atoms with van der Waals surface area (Å²) in [4.78, 5) is 13.2. The summed E-state index contributed by atoms with van der Waals surface area (Å²) in [6.45, 7) is 8.43. The number of carbonyl (C=O) groups is 1. The molecule has 2 aliphatic carbocycles. The first-order chi connectivity index (χ1) is 14.1. The number of hydrogen-bond donors (Lipinski definition) is 1. The van der Waals surface area contributed by atoms with Crippen molar-refractivity contribution in [3.63, 3.8) is 0 Å². The topological polar surface area (TPSA) is 77.5 Å². The summed E-state index contributed by atoms with van der Waals surface area (Å²) in [7, 11) is 3.10. The second-order valence-corrected chi connectivity index (χ2v) is 10.1. The maximum Gasteiger partial charge on any atom is 0.338 e. The molecule has 3 fully saturated rings. The number of hydrogen-bond acceptors (Lipinski definition) is 6. The van der Waals surface area contributed by atoms with Crippen LogP contribution < -0.4 is 9.47 Å². The second kappa shape index (κ2) is 7.13. The summed E-state index contributed by atoms with van der Waals surface area (Å²) in [6, 6.07) is 5.02. The number of epoxide rings is 1. The third-order valence-corrected chi connectivity index (χ3v) is 7.93. The van der Waals surface area contributed by atoms with E-state index in [-0.39, 0.29) is 29.0 Å². The van der Waals surface area contributed by atoms with Gasteiger partial charge in [-0.3, -0.25) is 0 Å². The predicted octanol–water partition coefficient (Wildman–Crippen LogP) is 3.98. The third kappa shape index (κ3) is 3.28. The minimum Gasteiger partial charge on any atom is -0.493 e. The fourth-order valence-corrected chi connectivity index (χ4v) is 6.00. The van der Waals surface area contributed by atoms with Gasteiger partial charge in [0.25, 0.3) is 0 Å². The first kappa shape index (κ1) is 21.4. The Morgan fingerprint density at radius 3 is 2.47 bits per heavy atom. The smallest absolute Gasteiger partial charge is 0.338 e. The number of benzene rings is 1. The minimum atomic E-state index is -0.857. The van der Waals surface area contributed by atoms with Gasteiger partial charge in [0.15, 0.2) is 11.5 Å². The normalized spacial score (nSPS) is 39.7. The summed E-state index contributed by atoms with van der Waals surface area (Å²) < 4.78 is 22.8. The van der Waals surface area contributed by atoms with Crippen molar-refractivity contribution >= 4 is 5.97 Å². The lowest BCUT2D eigenvalue weighted by Gasteiger charge is -2.44. The van der Waals surface area contributed by atoms with Gasteiger partial charge in [-0.1, -0.05) is 20.8 Å². The Morgan fingerprint density at radius 2 is 1.83 bits per heavy atom. The molecule has 0 spiro atoms. The maximum atomic E-state index is 13.2. The minimum absolute atomic E-state index is 0.0785. The van der Waals surface area contributed by atoms with Crippen LogP contribution in [0.2, 0.25) is 0 Å². The summed E-state index contributed by atoms with van der Waals surface area (Å²) in [5.41, 5.74) is -0.860. The number of methoxy groups -OCH3 is 2. The largest absolute Gasteiger partial charge is 0.493 e. The van der Waals surface area contributed by atoms with Gasteiger partial charge >= 0.3 is 5.97 Å². The molecule has 0 aromatic heterocycles. The lowest BCUT2D eigenvalue weighted by atomic mass is 9.67. The second-order valence-electron chi connectivity index (χ2n) is 10.1. The first-order valence-electron chi connectivity index (χ1n) is 10.9. The predicted molar refractivity (Wildman–Crippen MR) is 112 cm³/mol. The molecule has 2 saturated carbocycles. The van der Waals surface area contributed by atoms with E-state index >= 15 is 0 Å². The van der Waals surface area contributed by atoms with Gasteiger partial charge in [0.2, 0.25) is 0 Å². The quantitative estimate of drug-likeness (QED) is 0.576. The Morgan fingerprint density at radius 1 is 1.13 bits per heavy atom. The van der Waals surface area contributed by atoms with Crippen LogP contribution in [0.1, 0.15) is 63.7 Å². The molecule has 0 unspecified atom stereocenters. The van der Waals surface area contributed by atoms with Crippen molar-refractivity contribution in [3.8, 4) is 11.5 Å². The molecule has 1 aromatic carbocycles. The van der Waals surface area contributed by atoms with E-state index in [2.05, 4.69) is 27.7 Å². The molecule has 1 N–H and O–H groups in total. The van der Waals surface area contributed by atoms with Crippen molar-refractivity contribution < 1.29 is 28.8 Å². The van der Waals surface area contributed by atoms with Gasteiger partial charge in [-0.25, -0.2) is 4.79 Å². The zero-order chi connectivity index (χ0) is 21.9. The van der Waals surface area contributed by atoms with E-state index in [0.717, 1.165) is 19.3 Å². The molecule has 0 bridgehead atoms. The lowest BCUT2D eigenvalue weighted by Crippen LogP contribution is -2.50. The molecule has 1 aliphatic heterocycles. The molecule has 3 aliphatic rings. The number of rotatable bonds is 5. The molecule has 6 atom stereocenters. The number of esters is 1. The van der Waals surface area contributed by atoms with Crippen LogP contribution in [0.5, 0.6) is 11.5 Å². The Bertz CT molecular complexity index is 837. The number of aliphatic hydroxyl groups is 1. The summed E-state index contributed by atoms with van der Waals surface area (Å²) in [5, 5.41) is 11.7. The molecule has 6 heteroatoms. The molecule has 1 heterocycles. The van der Waals surface area contributed by atoms with E-state index in [1.165, 1.54) is 7.11 Å². The van der Waals surface area contributed by atoms with E-state index in [0.29, 0.717) is 23.5 Å². The van der Waals surface area contributed by atoms with E-state index in [1.807, 2.05) is 0 Å². The third-order valence-electron chi connectivity index (χ3n) is 7.93. The van der Waals surface area contributed by atoms with Crippen molar-refractivity contribution in [2.75, 3.05) is 14.2 Å². The van der Waals surface area contributed by atoms with Crippen molar-refractivity contribution in [3.05, 3.63) is 23.8 Å². The average Bonchev–Trinajstić information content (AvgIpc) is 3.24. The van der Waals surface area contributed by atoms with Gasteiger partial charge in [-0.2, -0.15) is 0 Å². The average molecular weight is 419 g/mol. The van der Waals surface area contributed by atoms with Crippen molar-refractivity contribution in [2.45, 2.75) is 76.8 Å². The Balaban J connectivity index is 1.66. The maximum absolute atomic E-state index is 13.2. The Hall–Kier alpha value is -1.79. The van der Waals surface area contributed by atoms with Gasteiger partial charge in [0.05, 0.1) is 37.1 Å². The molecule has 6 nitrogen and oxygen atoms in total. The molecule has 0 amide bonds. The molecule has 0 radical (unpaired) electrons. The number of fused-ring (bicyclic) bond motifs is 2. The van der Waals surface area contributed by atoms with Crippen LogP contribution in [0.25, 0.3) is 0 Å². The SMILES string of the molecule is COc1ccc(C(=O)O[C@H]2C[C@@]3(C)O[C@H]3C[C@@]3(C)CC[C@@](O)(C(C)C)[C@H]23)cc1OC. The van der Waals surface area contributed by atoms with Crippen LogP contribution in [0.4, 0.5) is 0 Å². The molecule has 166 valence electrons. The molecule has 30 heavy (non-hydrogen) atoms. The fourth-order valence-electron chi connectivity index (χ4n) is 6.00. The highest BCUT2D eigenvalue weighted by molar-refractivity contribution is 5.90. The van der Waals surface area contributed by atoms with Crippen LogP contribution in [0.3, 0.4) is 0 Å². The Labute approximate surface area is 178 Å². The monoisotopic (exact) mass is 418 g/mol. The van der Waals surface area contributed by atoms with Gasteiger partial charge in [0.1, 0.15) is 6.10 Å². The molecule has 4 rings (SSSR count). The highest BCUT2D eigenvalue weighted by Gasteiger charge is 2.68. The van der Waals surface area contributed by atoms with Gasteiger partial charge < -0.3 is 24.1 Å². The van der Waals surface area contributed by atoms with Crippen LogP contribution in [0.15, 0.2) is 18.2 Å². The lowest BCUT2D eigenvalue weighted by molar-refractivity contribution is -0.120. The van der Waals surface area contributed by atoms with Gasteiger partial charge in [-0.05, 0) is 55.7 Å². The highest BCUT2D eigenvalue weighted by Crippen LogP contribution is 2.63. The fraction of sp³-hybridized carbons (Fsp3) is 0.708. The van der Waals surface area contributed by atoms with E-state index in [1.54, 1.807) is 25.3 Å². The van der Waals surface area contributed by atoms with Gasteiger partial charge in [-0.15, -0.1) is 0 Å². The van der Waals surface area contributed by atoms with Crippen molar-refractivity contribution in [2.24, 2.45) is 17.3 Å². The van der Waals surface area contributed by atoms with E-state index in [4.69, 9.17) is 18.9 Å². The summed E-state index contributed by atoms with van der Waals surface area (Å²) >= 11 is 0. The standard InChI is InChI=1S/C24H34O6/c1-14(2)24(26)10-9-22(3)13-19-23(4,30-19)12-18(20(22)24)29-21(25)15-7-8-16(27-5)17(11-15)28-6/h7-8,11,14,18-20,26H,9-10,12-13H2,1-6H3/t18-,19-,20+,22+,23+,24+/m0/s1. The van der Waals surface area contributed by atoms with Gasteiger partial charge in [0, 0.05) is 12.3 Å². The van der Waals surface area contributed by atoms with Crippen LogP contribution in [-0.2, 0) is 9.47 Å². The Kier molecular flexibility index (Phi) is 5.09. The van der Waals surface area contributed by atoms with Crippen LogP contribution in [0, 0.1) is 17.3 Å². The number of ether oxygens (including phenoxy) is 4. The van der Waals surface area contributed by atoms with Crippen LogP contribution >= 0.6 is 0 Å². The number of carbonyl (C=O) groups excluding carboxylic acids is 1. The molecular formula is C24H34O6. The zero-order valence-electron chi connectivity index (χ0n) is 18.9. The van der Waals surface area contributed by atoms with Crippen molar-refractivity contribution in [1.82, 2.24) is 0 Å². The summed E-state index contributed by atoms with van der Waals surface area (Å²) in [6.07, 6.45) is 2.89. The molecule has 1 saturated heterocycles. The highest BCUT2D eigenvalue weighted by atomic mass is 16.6. The zero-order valence-corrected chi connectivity index (χ0v) is 18.9. The van der Waals surface area contributed by atoms with Crippen LogP contribution in [-0.4, -0.2) is 48.7 Å². The van der Waals surface area contributed by atoms with Crippen molar-refractivity contribution in [1.29, 1.82) is 0 Å². The first-order valence-corrected chi connectivity index (χ1v) is 10.9. The molecule has 1 aromatic rings. The van der Waals surface area contributed by atoms with E-state index < -0.39 is 17.7 Å². The molecular weight excluding hydrogens is 384 g/mol.